The van der Waals surface area contributed by atoms with Gasteiger partial charge in [0.05, 0.1) is 0 Å². The highest BCUT2D eigenvalue weighted by Crippen LogP contribution is 2.30. The van der Waals surface area contributed by atoms with Crippen LogP contribution in [-0.2, 0) is 17.7 Å². The summed E-state index contributed by atoms with van der Waals surface area (Å²) in [5.74, 6) is 0. The number of hydrogen-bond donors (Lipinski definition) is 0. The largest absolute Gasteiger partial charge is 0.400 e. The van der Waals surface area contributed by atoms with Crippen LogP contribution in [0.25, 0.3) is 0 Å². The van der Waals surface area contributed by atoms with E-state index < -0.39 is 18.6 Å². The third-order valence-corrected chi connectivity index (χ3v) is 14.4. The highest BCUT2D eigenvalue weighted by Gasteiger charge is 2.29. The van der Waals surface area contributed by atoms with Crippen LogP contribution in [0, 0.1) is 0 Å². The van der Waals surface area contributed by atoms with Crippen molar-refractivity contribution >= 4 is 18.6 Å². The zero-order valence-electron chi connectivity index (χ0n) is 31.7. The van der Waals surface area contributed by atoms with Crippen LogP contribution < -0.4 is 0 Å². The predicted molar refractivity (Wildman–Crippen MR) is 198 cm³/mol. The zero-order chi connectivity index (χ0) is 33.1. The second kappa shape index (κ2) is 28.2. The first kappa shape index (κ1) is 44.2. The summed E-state index contributed by atoms with van der Waals surface area (Å²) >= 11 is 0. The van der Waals surface area contributed by atoms with Crippen LogP contribution in [0.5, 0.6) is 0 Å². The van der Waals surface area contributed by atoms with Crippen molar-refractivity contribution in [2.24, 2.45) is 0 Å². The predicted octanol–water partition coefficient (Wildman–Crippen LogP) is 9.24. The second-order valence-electron chi connectivity index (χ2n) is 14.2. The van der Waals surface area contributed by atoms with E-state index in [2.05, 4.69) is 51.6 Å². The molecule has 0 heterocycles. The molecule has 0 saturated carbocycles. The summed E-state index contributed by atoms with van der Waals surface area (Å²) in [6.07, 6.45) is 26.4. The van der Waals surface area contributed by atoms with Crippen molar-refractivity contribution in [1.82, 2.24) is 9.80 Å². The Kier molecular flexibility index (Phi) is 28.4. The lowest BCUT2D eigenvalue weighted by atomic mass is 9.87. The summed E-state index contributed by atoms with van der Waals surface area (Å²) < 4.78 is 22.3. The third kappa shape index (κ3) is 20.4. The SMILES string of the molecule is CCCCCC(C)(CCC[SiH](OC)OC)N(C)CCCCCCCCCCN(C)C(C)(CCCCC)CCC[SiH](OC)OC. The highest BCUT2D eigenvalue weighted by atomic mass is 28.3. The van der Waals surface area contributed by atoms with Gasteiger partial charge in [0, 0.05) is 39.5 Å². The van der Waals surface area contributed by atoms with Crippen LogP contribution in [0.4, 0.5) is 0 Å². The maximum Gasteiger partial charge on any atom is 0.320 e. The smallest absolute Gasteiger partial charge is 0.320 e. The van der Waals surface area contributed by atoms with Crippen LogP contribution in [0.3, 0.4) is 0 Å². The van der Waals surface area contributed by atoms with Gasteiger partial charge in [-0.2, -0.15) is 0 Å². The number of unbranched alkanes of at least 4 members (excludes halogenated alkanes) is 11. The first-order chi connectivity index (χ1) is 21.2. The number of nitrogens with zero attached hydrogens (tertiary/aromatic N) is 2. The normalized spacial score (nSPS) is 15.1. The lowest BCUT2D eigenvalue weighted by molar-refractivity contribution is 0.108. The number of hydrogen-bond acceptors (Lipinski definition) is 6. The molecule has 8 heteroatoms. The number of rotatable bonds is 33. The van der Waals surface area contributed by atoms with Gasteiger partial charge >= 0.3 is 18.6 Å². The molecule has 2 atom stereocenters. The lowest BCUT2D eigenvalue weighted by Gasteiger charge is -2.40. The van der Waals surface area contributed by atoms with E-state index in [1.54, 1.807) is 0 Å². The molecule has 0 radical (unpaired) electrons. The Hall–Kier alpha value is 0.194. The lowest BCUT2D eigenvalue weighted by Crippen LogP contribution is -2.44. The van der Waals surface area contributed by atoms with E-state index >= 15 is 0 Å². The average molecular weight is 661 g/mol. The Bertz CT molecular complexity index is 575. The van der Waals surface area contributed by atoms with Crippen molar-refractivity contribution in [3.05, 3.63) is 0 Å². The van der Waals surface area contributed by atoms with Crippen LogP contribution in [-0.4, -0.2) is 95.1 Å². The van der Waals surface area contributed by atoms with Crippen molar-refractivity contribution in [2.75, 3.05) is 55.6 Å². The van der Waals surface area contributed by atoms with E-state index in [1.165, 1.54) is 142 Å². The molecule has 6 nitrogen and oxygen atoms in total. The van der Waals surface area contributed by atoms with Crippen molar-refractivity contribution in [1.29, 1.82) is 0 Å². The minimum Gasteiger partial charge on any atom is -0.400 e. The standard InChI is InChI=1S/C36H80N2O4Si2/c1-11-13-21-27-35(3,29-25-33-43(39-7)40-8)37(5)31-23-19-17-15-16-18-20-24-32-38(6)36(4,28-22-14-12-2)30-26-34-44(41-9)42-10/h43-44H,11-34H2,1-10H3. The molecule has 2 unspecified atom stereocenters. The maximum absolute atomic E-state index is 5.57. The van der Waals surface area contributed by atoms with Gasteiger partial charge in [0.15, 0.2) is 0 Å². The minimum atomic E-state index is -1.45. The van der Waals surface area contributed by atoms with Gasteiger partial charge in [-0.15, -0.1) is 0 Å². The summed E-state index contributed by atoms with van der Waals surface area (Å²) in [7, 11) is 9.08. The average Bonchev–Trinajstić information content (AvgIpc) is 3.02. The second-order valence-corrected chi connectivity index (χ2v) is 18.9. The molecule has 0 saturated heterocycles. The van der Waals surface area contributed by atoms with Gasteiger partial charge in [-0.3, -0.25) is 0 Å². The van der Waals surface area contributed by atoms with E-state index in [0.29, 0.717) is 11.1 Å². The third-order valence-electron chi connectivity index (χ3n) is 10.6. The van der Waals surface area contributed by atoms with Gasteiger partial charge in [-0.25, -0.2) is 0 Å². The Morgan fingerprint density at radius 1 is 0.432 bits per heavy atom. The zero-order valence-corrected chi connectivity index (χ0v) is 34.0. The van der Waals surface area contributed by atoms with Gasteiger partial charge in [-0.1, -0.05) is 90.9 Å². The molecule has 0 aliphatic rings. The molecule has 44 heavy (non-hydrogen) atoms. The molecular weight excluding hydrogens is 581 g/mol. The fourth-order valence-electron chi connectivity index (χ4n) is 6.79. The van der Waals surface area contributed by atoms with Crippen LogP contribution in [0.15, 0.2) is 0 Å². The molecule has 0 aromatic carbocycles. The van der Waals surface area contributed by atoms with Crippen molar-refractivity contribution < 1.29 is 17.7 Å². The highest BCUT2D eigenvalue weighted by molar-refractivity contribution is 6.44. The van der Waals surface area contributed by atoms with Gasteiger partial charge in [0.25, 0.3) is 0 Å². The Balaban J connectivity index is 4.34. The van der Waals surface area contributed by atoms with Gasteiger partial charge in [0.1, 0.15) is 0 Å². The Morgan fingerprint density at radius 2 is 0.727 bits per heavy atom. The van der Waals surface area contributed by atoms with Crippen molar-refractivity contribution in [2.45, 2.75) is 179 Å². The van der Waals surface area contributed by atoms with Crippen molar-refractivity contribution in [3.63, 3.8) is 0 Å². The summed E-state index contributed by atoms with van der Waals surface area (Å²) in [4.78, 5) is 5.36. The molecule has 0 N–H and O–H groups in total. The van der Waals surface area contributed by atoms with Crippen LogP contribution in [0.2, 0.25) is 12.1 Å². The molecule has 0 aliphatic heterocycles. The van der Waals surface area contributed by atoms with E-state index in [-0.39, 0.29) is 0 Å². The van der Waals surface area contributed by atoms with Gasteiger partial charge < -0.3 is 27.5 Å². The van der Waals surface area contributed by atoms with E-state index in [9.17, 15) is 0 Å². The Labute approximate surface area is 280 Å². The Morgan fingerprint density at radius 3 is 1.02 bits per heavy atom. The van der Waals surface area contributed by atoms with Crippen LogP contribution in [0.1, 0.15) is 156 Å². The molecule has 0 aromatic heterocycles. The summed E-state index contributed by atoms with van der Waals surface area (Å²) in [6.45, 7) is 12.1. The fourth-order valence-corrected chi connectivity index (χ4v) is 9.19. The molecule has 0 amide bonds. The van der Waals surface area contributed by atoms with Crippen LogP contribution >= 0.6 is 0 Å². The molecule has 266 valence electrons. The monoisotopic (exact) mass is 661 g/mol. The first-order valence-corrected chi connectivity index (χ1v) is 22.2. The molecule has 0 spiro atoms. The first-order valence-electron chi connectivity index (χ1n) is 18.7. The van der Waals surface area contributed by atoms with E-state index in [1.807, 2.05) is 28.4 Å². The topological polar surface area (TPSA) is 43.4 Å². The molecule has 0 fully saturated rings. The summed E-state index contributed by atoms with van der Waals surface area (Å²) in [5, 5.41) is 0. The van der Waals surface area contributed by atoms with E-state index in [0.717, 1.165) is 12.1 Å². The molecule has 0 bridgehead atoms. The summed E-state index contributed by atoms with van der Waals surface area (Å²) in [6, 6.07) is 2.23. The van der Waals surface area contributed by atoms with Crippen molar-refractivity contribution in [3.8, 4) is 0 Å². The molecular formula is C36H80N2O4Si2. The van der Waals surface area contributed by atoms with Gasteiger partial charge in [0.2, 0.25) is 0 Å². The summed E-state index contributed by atoms with van der Waals surface area (Å²) in [5.41, 5.74) is 0.597. The molecule has 0 aromatic rings. The van der Waals surface area contributed by atoms with E-state index in [4.69, 9.17) is 17.7 Å². The van der Waals surface area contributed by atoms with Gasteiger partial charge in [-0.05, 0) is 104 Å². The molecule has 0 aliphatic carbocycles. The molecule has 0 rings (SSSR count). The minimum absolute atomic E-state index is 0.298. The quantitative estimate of drug-likeness (QED) is 0.0517. The fraction of sp³-hybridized carbons (Fsp3) is 1.00. The maximum atomic E-state index is 5.57.